The summed E-state index contributed by atoms with van der Waals surface area (Å²) in [7, 11) is -1.07. The maximum atomic E-state index is 10.6. The third-order valence-electron chi connectivity index (χ3n) is 1.63. The first-order valence-corrected chi connectivity index (χ1v) is 8.33. The molecule has 13 heavy (non-hydrogen) atoms. The molecule has 0 aromatic carbocycles. The number of hydrogen-bond donors (Lipinski definition) is 0. The molecule has 3 heteroatoms. The monoisotopic (exact) mass is 200 g/mol. The van der Waals surface area contributed by atoms with Crippen LogP contribution in [0.1, 0.15) is 13.8 Å². The van der Waals surface area contributed by atoms with E-state index >= 15 is 0 Å². The van der Waals surface area contributed by atoms with Crippen LogP contribution in [0.4, 0.5) is 0 Å². The van der Waals surface area contributed by atoms with E-state index in [4.69, 9.17) is 4.74 Å². The third kappa shape index (κ3) is 7.78. The molecule has 0 rings (SSSR count). The Kier molecular flexibility index (Phi) is 4.99. The van der Waals surface area contributed by atoms with E-state index in [2.05, 4.69) is 25.7 Å². The highest BCUT2D eigenvalue weighted by Gasteiger charge is 2.15. The normalized spacial score (nSPS) is 12.8. The second kappa shape index (κ2) is 5.22. The lowest BCUT2D eigenvalue weighted by atomic mass is 10.3. The van der Waals surface area contributed by atoms with Crippen molar-refractivity contribution in [3.8, 4) is 0 Å². The van der Waals surface area contributed by atoms with Gasteiger partial charge in [0.25, 0.3) is 0 Å². The summed E-state index contributed by atoms with van der Waals surface area (Å²) in [5, 5.41) is 0. The van der Waals surface area contributed by atoms with E-state index in [1.54, 1.807) is 0 Å². The summed E-state index contributed by atoms with van der Waals surface area (Å²) in [6.45, 7) is 10.8. The van der Waals surface area contributed by atoms with Gasteiger partial charge in [-0.25, -0.2) is 0 Å². The highest BCUT2D eigenvalue weighted by atomic mass is 28.3. The minimum absolute atomic E-state index is 0.199. The molecule has 0 spiro atoms. The second-order valence-electron chi connectivity index (χ2n) is 4.46. The Bertz CT molecular complexity index is 201. The van der Waals surface area contributed by atoms with Gasteiger partial charge in [-0.3, -0.25) is 4.79 Å². The second-order valence-corrected chi connectivity index (χ2v) is 9.94. The predicted octanol–water partition coefficient (Wildman–Crippen LogP) is 2.83. The highest BCUT2D eigenvalue weighted by molar-refractivity contribution is 6.76. The van der Waals surface area contributed by atoms with Crippen molar-refractivity contribution in [2.24, 2.45) is 0 Å². The van der Waals surface area contributed by atoms with Gasteiger partial charge < -0.3 is 4.74 Å². The molecule has 0 aliphatic rings. The van der Waals surface area contributed by atoms with Gasteiger partial charge in [0.2, 0.25) is 0 Å². The average Bonchev–Trinajstić information content (AvgIpc) is 1.95. The van der Waals surface area contributed by atoms with Crippen LogP contribution in [0.5, 0.6) is 0 Å². The Morgan fingerprint density at radius 3 is 2.23 bits per heavy atom. The molecule has 0 fully saturated rings. The molecule has 0 unspecified atom stereocenters. The van der Waals surface area contributed by atoms with E-state index in [0.717, 1.165) is 6.04 Å². The fourth-order valence-electron chi connectivity index (χ4n) is 1.11. The first-order valence-electron chi connectivity index (χ1n) is 4.62. The molecule has 0 bridgehead atoms. The van der Waals surface area contributed by atoms with Crippen LogP contribution >= 0.6 is 0 Å². The van der Waals surface area contributed by atoms with Crippen LogP contribution in [0.2, 0.25) is 25.7 Å². The van der Waals surface area contributed by atoms with E-state index in [1.807, 2.05) is 6.92 Å². The van der Waals surface area contributed by atoms with Crippen LogP contribution in [0.3, 0.4) is 0 Å². The molecule has 0 atom stereocenters. The molecule has 0 amide bonds. The Morgan fingerprint density at radius 1 is 1.38 bits per heavy atom. The van der Waals surface area contributed by atoms with Crippen molar-refractivity contribution in [2.75, 3.05) is 6.61 Å². The number of esters is 1. The Labute approximate surface area is 82.0 Å². The number of carbonyl (C=O) groups excluding carboxylic acids is 1. The Balaban J connectivity index is 4.00. The molecule has 0 saturated carbocycles. The van der Waals surface area contributed by atoms with Gasteiger partial charge in [-0.1, -0.05) is 25.7 Å². The van der Waals surface area contributed by atoms with E-state index in [9.17, 15) is 4.79 Å². The van der Waals surface area contributed by atoms with Gasteiger partial charge in [0.15, 0.2) is 0 Å². The summed E-state index contributed by atoms with van der Waals surface area (Å²) in [5.74, 6) is -0.199. The lowest BCUT2D eigenvalue weighted by Crippen LogP contribution is -2.21. The van der Waals surface area contributed by atoms with Crippen LogP contribution in [0, 0.1) is 0 Å². The summed E-state index contributed by atoms with van der Waals surface area (Å²) in [6, 6.07) is 1.11. The minimum Gasteiger partial charge on any atom is -0.461 e. The topological polar surface area (TPSA) is 26.3 Å². The largest absolute Gasteiger partial charge is 0.461 e. The van der Waals surface area contributed by atoms with E-state index in [1.165, 1.54) is 12.5 Å². The number of ether oxygens (including phenoxy) is 1. The van der Waals surface area contributed by atoms with Crippen molar-refractivity contribution >= 4 is 14.0 Å². The lowest BCUT2D eigenvalue weighted by molar-refractivity contribution is -0.139. The molecule has 0 aromatic heterocycles. The van der Waals surface area contributed by atoms with Crippen molar-refractivity contribution in [2.45, 2.75) is 39.5 Å². The number of allylic oxidation sites excluding steroid dienone is 1. The molecule has 0 heterocycles. The molecule has 0 aliphatic carbocycles. The molecule has 0 aromatic rings. The Morgan fingerprint density at radius 2 is 1.92 bits per heavy atom. The molecule has 0 N–H and O–H groups in total. The lowest BCUT2D eigenvalue weighted by Gasteiger charge is -2.17. The average molecular weight is 200 g/mol. The Hall–Kier alpha value is -0.573. The van der Waals surface area contributed by atoms with Gasteiger partial charge in [0.05, 0.1) is 0 Å². The summed E-state index contributed by atoms with van der Waals surface area (Å²) >= 11 is 0. The molecule has 76 valence electrons. The zero-order valence-electron chi connectivity index (χ0n) is 9.31. The first kappa shape index (κ1) is 12.4. The van der Waals surface area contributed by atoms with Crippen molar-refractivity contribution < 1.29 is 9.53 Å². The molecule has 0 saturated heterocycles. The fraction of sp³-hybridized carbons (Fsp3) is 0.700. The molecule has 0 aliphatic heterocycles. The molecular formula is C10H20O2Si. The number of carbonyl (C=O) groups is 1. The van der Waals surface area contributed by atoms with E-state index in [0.29, 0.717) is 6.61 Å². The van der Waals surface area contributed by atoms with Gasteiger partial charge in [-0.2, -0.15) is 0 Å². The van der Waals surface area contributed by atoms with Crippen LogP contribution in [-0.2, 0) is 9.53 Å². The zero-order valence-corrected chi connectivity index (χ0v) is 10.3. The molecular weight excluding hydrogens is 180 g/mol. The summed E-state index contributed by atoms with van der Waals surface area (Å²) < 4.78 is 4.96. The van der Waals surface area contributed by atoms with Gasteiger partial charge >= 0.3 is 5.97 Å². The van der Waals surface area contributed by atoms with Crippen molar-refractivity contribution in [3.05, 3.63) is 11.6 Å². The standard InChI is InChI=1S/C10H20O2Si/c1-6-10(7-12-9(2)11)8-13(3,4)5/h6H,7-8H2,1-5H3/b10-6+. The van der Waals surface area contributed by atoms with Crippen LogP contribution in [0.15, 0.2) is 11.6 Å². The first-order chi connectivity index (χ1) is 5.85. The van der Waals surface area contributed by atoms with Crippen LogP contribution in [-0.4, -0.2) is 20.7 Å². The maximum Gasteiger partial charge on any atom is 0.302 e. The maximum absolute atomic E-state index is 10.6. The van der Waals surface area contributed by atoms with Gasteiger partial charge in [-0.05, 0) is 18.5 Å². The van der Waals surface area contributed by atoms with Gasteiger partial charge in [0, 0.05) is 15.0 Å². The number of rotatable bonds is 4. The van der Waals surface area contributed by atoms with Gasteiger partial charge in [-0.15, -0.1) is 0 Å². The summed E-state index contributed by atoms with van der Waals surface area (Å²) in [4.78, 5) is 10.6. The summed E-state index contributed by atoms with van der Waals surface area (Å²) in [6.07, 6.45) is 2.06. The quantitative estimate of drug-likeness (QED) is 0.396. The smallest absolute Gasteiger partial charge is 0.302 e. The SMILES string of the molecule is C/C=C(\COC(C)=O)C[Si](C)(C)C. The zero-order chi connectivity index (χ0) is 10.5. The highest BCUT2D eigenvalue weighted by Crippen LogP contribution is 2.16. The fourth-order valence-corrected chi connectivity index (χ4v) is 2.78. The van der Waals surface area contributed by atoms with Crippen molar-refractivity contribution in [1.82, 2.24) is 0 Å². The van der Waals surface area contributed by atoms with E-state index < -0.39 is 8.07 Å². The van der Waals surface area contributed by atoms with Crippen molar-refractivity contribution in [3.63, 3.8) is 0 Å². The minimum atomic E-state index is -1.07. The number of hydrogen-bond acceptors (Lipinski definition) is 2. The van der Waals surface area contributed by atoms with E-state index in [-0.39, 0.29) is 5.97 Å². The predicted molar refractivity (Wildman–Crippen MR) is 58.5 cm³/mol. The third-order valence-corrected chi connectivity index (χ3v) is 3.14. The van der Waals surface area contributed by atoms with Gasteiger partial charge in [0.1, 0.15) is 6.61 Å². The van der Waals surface area contributed by atoms with Crippen LogP contribution in [0.25, 0.3) is 0 Å². The summed E-state index contributed by atoms with van der Waals surface area (Å²) in [5.41, 5.74) is 1.24. The van der Waals surface area contributed by atoms with Crippen LogP contribution < -0.4 is 0 Å². The molecule has 0 radical (unpaired) electrons. The van der Waals surface area contributed by atoms with Crippen molar-refractivity contribution in [1.29, 1.82) is 0 Å². The molecule has 2 nitrogen and oxygen atoms in total.